The molecule has 0 bridgehead atoms. The van der Waals surface area contributed by atoms with Crippen molar-refractivity contribution in [1.29, 1.82) is 0 Å². The second-order valence-corrected chi connectivity index (χ2v) is 8.30. The Labute approximate surface area is 228 Å². The van der Waals surface area contributed by atoms with Crippen LogP contribution in [0.5, 0.6) is 0 Å². The molecule has 4 aromatic rings. The van der Waals surface area contributed by atoms with E-state index in [4.69, 9.17) is 13.5 Å². The van der Waals surface area contributed by atoms with Gasteiger partial charge in [0.15, 0.2) is 22.8 Å². The van der Waals surface area contributed by atoms with Gasteiger partial charge in [-0.1, -0.05) is 55.2 Å². The fraction of sp³-hybridized carbons (Fsp3) is 0.158. The van der Waals surface area contributed by atoms with Gasteiger partial charge in [0.2, 0.25) is 0 Å². The molecule has 0 N–H and O–H groups in total. The van der Waals surface area contributed by atoms with Crippen LogP contribution >= 0.6 is 69.7 Å². The van der Waals surface area contributed by atoms with E-state index in [1.165, 1.54) is 12.1 Å². The number of rotatable bonds is 1. The molecular weight excluding hydrogens is 663 g/mol. The summed E-state index contributed by atoms with van der Waals surface area (Å²) >= 11 is 13.2. The number of thiol groups is 1. The molecule has 0 fully saturated rings. The molecule has 1 unspecified atom stereocenters. The Balaban J connectivity index is 0. The van der Waals surface area contributed by atoms with E-state index in [2.05, 4.69) is 72.5 Å². The third kappa shape index (κ3) is 9.51. The van der Waals surface area contributed by atoms with Crippen LogP contribution in [0.4, 0.5) is 8.78 Å². The van der Waals surface area contributed by atoms with Gasteiger partial charge in [0.05, 0.1) is 12.5 Å². The van der Waals surface area contributed by atoms with Gasteiger partial charge in [0, 0.05) is 39.0 Å². The van der Waals surface area contributed by atoms with Crippen LogP contribution in [0.1, 0.15) is 18.6 Å². The molecule has 172 valence electrons. The number of aryl methyl sites for hydroxylation is 1. The molecule has 0 aliphatic carbocycles. The summed E-state index contributed by atoms with van der Waals surface area (Å²) in [6.07, 6.45) is 3.12. The first-order valence-electron chi connectivity index (χ1n) is 8.18. The van der Waals surface area contributed by atoms with E-state index in [0.29, 0.717) is 23.4 Å². The number of benzene rings is 2. The van der Waals surface area contributed by atoms with E-state index in [1.54, 1.807) is 24.7 Å². The van der Waals surface area contributed by atoms with Gasteiger partial charge in [-0.05, 0) is 36.8 Å². The number of hydrogen-bond acceptors (Lipinski definition) is 5. The Morgan fingerprint density at radius 1 is 1.06 bits per heavy atom. The summed E-state index contributed by atoms with van der Waals surface area (Å²) in [4.78, 5) is 0. The molecule has 33 heavy (non-hydrogen) atoms. The average molecular weight is 682 g/mol. The molecule has 4 nitrogen and oxygen atoms in total. The summed E-state index contributed by atoms with van der Waals surface area (Å²) in [7, 11) is 6.23. The van der Waals surface area contributed by atoms with Crippen molar-refractivity contribution >= 4 is 115 Å². The van der Waals surface area contributed by atoms with Crippen molar-refractivity contribution in [2.24, 2.45) is 4.30 Å². The quantitative estimate of drug-likeness (QED) is 0.0956. The predicted octanol–water partition coefficient (Wildman–Crippen LogP) is 8.14. The number of hydrogen-bond donors (Lipinski definition) is 1. The van der Waals surface area contributed by atoms with Crippen LogP contribution in [0.2, 0.25) is 0 Å². The van der Waals surface area contributed by atoms with Crippen molar-refractivity contribution < 1.29 is 22.3 Å². The van der Waals surface area contributed by atoms with Crippen molar-refractivity contribution in [1.82, 2.24) is 0 Å². The normalized spacial score (nSPS) is 8.94. The number of nitrogens with zero attached hydrogens (tertiary/aromatic N) is 1. The predicted molar refractivity (Wildman–Crippen MR) is 151 cm³/mol. The van der Waals surface area contributed by atoms with Gasteiger partial charge in [-0.15, -0.1) is 0 Å². The SMILES string of the molecule is C.Cc1coc2c(F)ccc(Br)c12.Fc1ccc(Br)c2c(CBr)coc12.O=BP.[B].[B]=NS. The molecule has 0 spiro atoms. The van der Waals surface area contributed by atoms with Crippen molar-refractivity contribution in [3.05, 3.63) is 68.5 Å². The first kappa shape index (κ1) is 34.6. The summed E-state index contributed by atoms with van der Waals surface area (Å²) < 4.78 is 49.6. The zero-order valence-corrected chi connectivity index (χ0v) is 23.3. The third-order valence-corrected chi connectivity index (χ3v) is 5.58. The average Bonchev–Trinajstić information content (AvgIpc) is 3.35. The van der Waals surface area contributed by atoms with Gasteiger partial charge in [-0.25, -0.2) is 8.78 Å². The number of alkyl halides is 1. The molecule has 1 atom stereocenters. The summed E-state index contributed by atoms with van der Waals surface area (Å²) in [5, 5.41) is 2.27. The van der Waals surface area contributed by atoms with Gasteiger partial charge in [0.25, 0.3) is 0 Å². The van der Waals surface area contributed by atoms with Crippen LogP contribution in [0.15, 0.2) is 58.9 Å². The van der Waals surface area contributed by atoms with Crippen molar-refractivity contribution in [3.8, 4) is 0 Å². The fourth-order valence-corrected chi connectivity index (χ4v) is 4.06. The Kier molecular flexibility index (Phi) is 18.6. The molecule has 2 aromatic heterocycles. The topological polar surface area (TPSA) is 55.7 Å². The maximum atomic E-state index is 13.2. The monoisotopic (exact) mass is 679 g/mol. The van der Waals surface area contributed by atoms with Crippen LogP contribution in [-0.2, 0) is 10.0 Å². The van der Waals surface area contributed by atoms with Crippen molar-refractivity contribution in [2.75, 3.05) is 0 Å². The Morgan fingerprint density at radius 3 is 1.88 bits per heavy atom. The zero-order valence-electron chi connectivity index (χ0n) is 16.5. The molecule has 2 heterocycles. The Morgan fingerprint density at radius 2 is 1.45 bits per heavy atom. The Bertz CT molecular complexity index is 1180. The molecule has 0 aliphatic heterocycles. The van der Waals surface area contributed by atoms with E-state index in [-0.39, 0.29) is 27.5 Å². The van der Waals surface area contributed by atoms with Gasteiger partial charge in [0.1, 0.15) is 0 Å². The number of halogens is 5. The van der Waals surface area contributed by atoms with Crippen LogP contribution in [0.3, 0.4) is 0 Å². The molecule has 0 aliphatic rings. The van der Waals surface area contributed by atoms with E-state index >= 15 is 0 Å². The second kappa shape index (κ2) is 17.8. The van der Waals surface area contributed by atoms with Crippen LogP contribution < -0.4 is 0 Å². The maximum absolute atomic E-state index is 13.2. The van der Waals surface area contributed by atoms with Gasteiger partial charge < -0.3 is 8.83 Å². The minimum absolute atomic E-state index is 0. The van der Waals surface area contributed by atoms with Crippen LogP contribution in [0, 0.1) is 18.6 Å². The summed E-state index contributed by atoms with van der Waals surface area (Å²) in [5.74, 6) is -0.647. The fourth-order valence-electron chi connectivity index (χ4n) is 2.46. The zero-order chi connectivity index (χ0) is 23.6. The first-order chi connectivity index (χ1) is 14.8. The van der Waals surface area contributed by atoms with Gasteiger partial charge in [-0.2, -0.15) is 0 Å². The second-order valence-electron chi connectivity index (χ2n) is 5.53. The van der Waals surface area contributed by atoms with E-state index in [0.717, 1.165) is 30.8 Å². The van der Waals surface area contributed by atoms with E-state index in [1.807, 2.05) is 16.0 Å². The van der Waals surface area contributed by atoms with E-state index < -0.39 is 0 Å². The first-order valence-corrected chi connectivity index (χ1v) is 12.0. The van der Waals surface area contributed by atoms with Crippen LogP contribution in [-0.4, -0.2) is 22.9 Å². The molecule has 4 rings (SSSR count). The minimum atomic E-state index is -0.328. The third-order valence-electron chi connectivity index (χ3n) is 3.65. The van der Waals surface area contributed by atoms with Crippen molar-refractivity contribution in [3.63, 3.8) is 0 Å². The number of fused-ring (bicyclic) bond motifs is 2. The molecular formula is C19H18B3Br3F2NO3PS. The number of furan rings is 2. The van der Waals surface area contributed by atoms with Crippen molar-refractivity contribution in [2.45, 2.75) is 19.7 Å². The summed E-state index contributed by atoms with van der Waals surface area (Å²) in [6, 6.07) is 6.13. The molecule has 0 amide bonds. The van der Waals surface area contributed by atoms with Crippen LogP contribution in [0.25, 0.3) is 21.9 Å². The molecule has 14 heteroatoms. The Hall–Kier alpha value is -0.605. The molecule has 4 radical (unpaired) electrons. The summed E-state index contributed by atoms with van der Waals surface area (Å²) in [5.41, 5.74) is 2.52. The van der Waals surface area contributed by atoms with Gasteiger partial charge >= 0.3 is 45.4 Å². The molecule has 2 aromatic carbocycles. The molecule has 0 saturated carbocycles. The van der Waals surface area contributed by atoms with Gasteiger partial charge in [-0.3, -0.25) is 0 Å². The summed E-state index contributed by atoms with van der Waals surface area (Å²) in [6.45, 7) is 2.55. The van der Waals surface area contributed by atoms with E-state index in [9.17, 15) is 8.78 Å². The standard InChI is InChI=1S/C9H5Br2FO.C9H6BrFO.CH4.BHNS.BH2OP.B/c10-3-5-4-13-9-7(12)2-1-6(11)8(5)9;1-5-4-12-9-7(11)3-2-6(10)8(5)9;;1-2-3;2-1-3;/h1-2,4H,3H2;2-4H,1H3;1H4;3H;3H2;. The molecule has 0 saturated heterocycles.